The van der Waals surface area contributed by atoms with E-state index in [0.29, 0.717) is 10.2 Å². The fourth-order valence-electron chi connectivity index (χ4n) is 1.70. The van der Waals surface area contributed by atoms with Crippen LogP contribution in [0.3, 0.4) is 0 Å². The minimum absolute atomic E-state index is 0.137. The summed E-state index contributed by atoms with van der Waals surface area (Å²) >= 11 is 1.27. The predicted octanol–water partition coefficient (Wildman–Crippen LogP) is 1.14. The van der Waals surface area contributed by atoms with E-state index in [2.05, 4.69) is 9.97 Å². The van der Waals surface area contributed by atoms with Gasteiger partial charge in [0.05, 0.1) is 5.39 Å². The van der Waals surface area contributed by atoms with Crippen molar-refractivity contribution in [3.8, 4) is 5.75 Å². The molecule has 3 N–H and O–H groups in total. The Balaban J connectivity index is 2.66. The molecule has 0 saturated heterocycles. The third-order valence-electron chi connectivity index (χ3n) is 2.35. The summed E-state index contributed by atoms with van der Waals surface area (Å²) in [5.74, 6) is 0.137. The second-order valence-corrected chi connectivity index (χ2v) is 4.45. The lowest BCUT2D eigenvalue weighted by atomic mass is 10.2. The van der Waals surface area contributed by atoms with Gasteiger partial charge in [-0.2, -0.15) is 0 Å². The van der Waals surface area contributed by atoms with E-state index in [1.54, 1.807) is 12.1 Å². The largest absolute Gasteiger partial charge is 0.508 e. The number of nitrogens with one attached hydrogen (secondary N) is 2. The van der Waals surface area contributed by atoms with Crippen molar-refractivity contribution in [1.29, 1.82) is 0 Å². The van der Waals surface area contributed by atoms with E-state index in [1.165, 1.54) is 17.4 Å². The SMILES string of the molecule is O=c1[nH]c(=O)c2c([nH]1)sc1cc(O)ccc12. The molecule has 0 atom stereocenters. The van der Waals surface area contributed by atoms with Crippen molar-refractivity contribution in [2.24, 2.45) is 0 Å². The summed E-state index contributed by atoms with van der Waals surface area (Å²) in [7, 11) is 0. The maximum Gasteiger partial charge on any atom is 0.326 e. The van der Waals surface area contributed by atoms with E-state index >= 15 is 0 Å². The summed E-state index contributed by atoms with van der Waals surface area (Å²) in [5.41, 5.74) is -0.927. The lowest BCUT2D eigenvalue weighted by molar-refractivity contribution is 0.476. The Bertz CT molecular complexity index is 812. The second-order valence-electron chi connectivity index (χ2n) is 3.39. The summed E-state index contributed by atoms with van der Waals surface area (Å²) in [6, 6.07) is 4.74. The van der Waals surface area contributed by atoms with Gasteiger partial charge >= 0.3 is 5.69 Å². The molecular formula is C10H6N2O3S. The summed E-state index contributed by atoms with van der Waals surface area (Å²) in [6.07, 6.45) is 0. The first-order chi connectivity index (χ1) is 7.65. The van der Waals surface area contributed by atoms with Crippen LogP contribution in [0.15, 0.2) is 27.8 Å². The highest BCUT2D eigenvalue weighted by Crippen LogP contribution is 2.31. The molecule has 3 aromatic rings. The van der Waals surface area contributed by atoms with E-state index in [1.807, 2.05) is 0 Å². The maximum atomic E-state index is 11.6. The van der Waals surface area contributed by atoms with E-state index in [9.17, 15) is 14.7 Å². The molecule has 0 fully saturated rings. The van der Waals surface area contributed by atoms with Gasteiger partial charge in [-0.05, 0) is 18.2 Å². The van der Waals surface area contributed by atoms with Gasteiger partial charge < -0.3 is 5.11 Å². The molecule has 0 radical (unpaired) electrons. The fraction of sp³-hybridized carbons (Fsp3) is 0. The Morgan fingerprint density at radius 3 is 2.81 bits per heavy atom. The van der Waals surface area contributed by atoms with Crippen molar-refractivity contribution >= 4 is 31.6 Å². The molecule has 16 heavy (non-hydrogen) atoms. The van der Waals surface area contributed by atoms with Crippen molar-refractivity contribution < 1.29 is 5.11 Å². The number of phenolic OH excluding ortho intramolecular Hbond substituents is 1. The van der Waals surface area contributed by atoms with Crippen molar-refractivity contribution in [3.63, 3.8) is 0 Å². The Kier molecular flexibility index (Phi) is 1.69. The smallest absolute Gasteiger partial charge is 0.326 e. The summed E-state index contributed by atoms with van der Waals surface area (Å²) in [6.45, 7) is 0. The molecule has 0 aliphatic rings. The Hall–Kier alpha value is -2.08. The lowest BCUT2D eigenvalue weighted by Crippen LogP contribution is -2.20. The molecule has 0 saturated carbocycles. The van der Waals surface area contributed by atoms with Crippen LogP contribution in [0.5, 0.6) is 5.75 Å². The number of hydrogen-bond acceptors (Lipinski definition) is 4. The van der Waals surface area contributed by atoms with Crippen molar-refractivity contribution in [1.82, 2.24) is 9.97 Å². The monoisotopic (exact) mass is 234 g/mol. The Morgan fingerprint density at radius 2 is 2.00 bits per heavy atom. The quantitative estimate of drug-likeness (QED) is 0.545. The summed E-state index contributed by atoms with van der Waals surface area (Å²) < 4.78 is 0.766. The van der Waals surface area contributed by atoms with Crippen LogP contribution >= 0.6 is 11.3 Å². The molecule has 0 aliphatic heterocycles. The van der Waals surface area contributed by atoms with Crippen LogP contribution in [0, 0.1) is 0 Å². The van der Waals surface area contributed by atoms with Crippen LogP contribution < -0.4 is 11.2 Å². The zero-order valence-electron chi connectivity index (χ0n) is 7.90. The van der Waals surface area contributed by atoms with Crippen LogP contribution in [0.25, 0.3) is 20.3 Å². The molecule has 0 bridgehead atoms. The number of rotatable bonds is 0. The number of fused-ring (bicyclic) bond motifs is 3. The average molecular weight is 234 g/mol. The topological polar surface area (TPSA) is 86.0 Å². The first-order valence-corrected chi connectivity index (χ1v) is 5.34. The van der Waals surface area contributed by atoms with Crippen molar-refractivity contribution in [2.45, 2.75) is 0 Å². The van der Waals surface area contributed by atoms with Crippen LogP contribution in [0.1, 0.15) is 0 Å². The standard InChI is InChI=1S/C10H6N2O3S/c13-4-1-2-5-6(3-4)16-9-7(5)8(14)11-10(15)12-9/h1-3,13H,(H2,11,12,14,15). The van der Waals surface area contributed by atoms with Gasteiger partial charge in [-0.15, -0.1) is 11.3 Å². The third kappa shape index (κ3) is 1.17. The molecule has 0 spiro atoms. The third-order valence-corrected chi connectivity index (χ3v) is 3.42. The molecule has 2 aromatic heterocycles. The van der Waals surface area contributed by atoms with E-state index in [0.717, 1.165) is 10.1 Å². The van der Waals surface area contributed by atoms with E-state index in [-0.39, 0.29) is 5.75 Å². The summed E-state index contributed by atoms with van der Waals surface area (Å²) in [5, 5.41) is 10.5. The van der Waals surface area contributed by atoms with Gasteiger partial charge in [0.2, 0.25) is 0 Å². The van der Waals surface area contributed by atoms with Gasteiger partial charge in [0.25, 0.3) is 5.56 Å². The Labute approximate surface area is 92.0 Å². The van der Waals surface area contributed by atoms with Crippen LogP contribution in [0.4, 0.5) is 0 Å². The molecule has 0 aliphatic carbocycles. The van der Waals surface area contributed by atoms with Crippen LogP contribution in [-0.2, 0) is 0 Å². The molecule has 0 amide bonds. The molecule has 5 nitrogen and oxygen atoms in total. The average Bonchev–Trinajstić information content (AvgIpc) is 2.54. The van der Waals surface area contributed by atoms with Gasteiger partial charge in [-0.1, -0.05) is 0 Å². The normalized spacial score (nSPS) is 11.2. The zero-order valence-corrected chi connectivity index (χ0v) is 8.72. The number of hydrogen-bond donors (Lipinski definition) is 3. The van der Waals surface area contributed by atoms with Gasteiger partial charge in [0, 0.05) is 10.1 Å². The molecule has 1 aromatic carbocycles. The first-order valence-electron chi connectivity index (χ1n) is 4.53. The first kappa shape index (κ1) is 9.17. The van der Waals surface area contributed by atoms with Gasteiger partial charge in [-0.3, -0.25) is 14.8 Å². The lowest BCUT2D eigenvalue weighted by Gasteiger charge is -1.91. The van der Waals surface area contributed by atoms with Gasteiger partial charge in [0.1, 0.15) is 10.6 Å². The van der Waals surface area contributed by atoms with Crippen molar-refractivity contribution in [3.05, 3.63) is 39.0 Å². The predicted molar refractivity (Wildman–Crippen MR) is 62.2 cm³/mol. The minimum Gasteiger partial charge on any atom is -0.508 e. The molecule has 2 heterocycles. The number of aromatic nitrogens is 2. The minimum atomic E-state index is -0.520. The zero-order chi connectivity index (χ0) is 11.3. The number of phenols is 1. The molecule has 0 unspecified atom stereocenters. The summed E-state index contributed by atoms with van der Waals surface area (Å²) in [4.78, 5) is 28.0. The van der Waals surface area contributed by atoms with Gasteiger partial charge in [-0.25, -0.2) is 4.79 Å². The van der Waals surface area contributed by atoms with E-state index in [4.69, 9.17) is 0 Å². The highest BCUT2D eigenvalue weighted by atomic mass is 32.1. The highest BCUT2D eigenvalue weighted by molar-refractivity contribution is 7.25. The number of aromatic hydroxyl groups is 1. The highest BCUT2D eigenvalue weighted by Gasteiger charge is 2.09. The second kappa shape index (κ2) is 2.96. The fourth-order valence-corrected chi connectivity index (χ4v) is 2.83. The number of thiophene rings is 1. The molecule has 6 heteroatoms. The molecule has 3 rings (SSSR count). The maximum absolute atomic E-state index is 11.6. The molecular weight excluding hydrogens is 228 g/mol. The Morgan fingerprint density at radius 1 is 1.19 bits per heavy atom. The van der Waals surface area contributed by atoms with E-state index < -0.39 is 11.2 Å². The number of aromatic amines is 2. The van der Waals surface area contributed by atoms with Crippen molar-refractivity contribution in [2.75, 3.05) is 0 Å². The number of benzene rings is 1. The van der Waals surface area contributed by atoms with Gasteiger partial charge in [0.15, 0.2) is 0 Å². The van der Waals surface area contributed by atoms with Crippen LogP contribution in [0.2, 0.25) is 0 Å². The number of H-pyrrole nitrogens is 2. The molecule has 80 valence electrons. The van der Waals surface area contributed by atoms with Crippen LogP contribution in [-0.4, -0.2) is 15.1 Å².